The van der Waals surface area contributed by atoms with Gasteiger partial charge in [-0.15, -0.1) is 24.0 Å². The lowest BCUT2D eigenvalue weighted by Crippen LogP contribution is -2.45. The molecular weight excluding hydrogens is 439 g/mol. The highest BCUT2D eigenvalue weighted by Gasteiger charge is 2.20. The van der Waals surface area contributed by atoms with Gasteiger partial charge in [0.2, 0.25) is 0 Å². The second kappa shape index (κ2) is 13.2. The van der Waals surface area contributed by atoms with Gasteiger partial charge in [-0.3, -0.25) is 4.99 Å². The quantitative estimate of drug-likeness (QED) is 0.263. The van der Waals surface area contributed by atoms with E-state index < -0.39 is 0 Å². The highest BCUT2D eigenvalue weighted by atomic mass is 127. The first kappa shape index (κ1) is 23.0. The number of piperidine rings is 1. The summed E-state index contributed by atoms with van der Waals surface area (Å²) in [5, 5.41) is 6.79. The smallest absolute Gasteiger partial charge is 0.191 e. The maximum absolute atomic E-state index is 5.69. The van der Waals surface area contributed by atoms with Crippen LogP contribution in [0.15, 0.2) is 35.3 Å². The number of guanidine groups is 1. The third-order valence-corrected chi connectivity index (χ3v) is 4.41. The predicted octanol–water partition coefficient (Wildman–Crippen LogP) is 3.22. The fraction of sp³-hybridized carbons (Fsp3) is 0.650. The Morgan fingerprint density at radius 3 is 2.73 bits per heavy atom. The third-order valence-electron chi connectivity index (χ3n) is 4.41. The molecule has 0 spiro atoms. The SMILES string of the molecule is CN=C(NCCOc1ccccc1)NCC1CCCN(CC(C)C)C1.I. The first-order valence-electron chi connectivity index (χ1n) is 9.52. The second-order valence-corrected chi connectivity index (χ2v) is 7.20. The highest BCUT2D eigenvalue weighted by Crippen LogP contribution is 2.16. The molecule has 1 aliphatic heterocycles. The van der Waals surface area contributed by atoms with E-state index in [0.717, 1.165) is 30.7 Å². The van der Waals surface area contributed by atoms with E-state index in [1.165, 1.54) is 32.5 Å². The molecule has 1 aliphatic rings. The number of para-hydroxylation sites is 1. The van der Waals surface area contributed by atoms with E-state index in [-0.39, 0.29) is 24.0 Å². The van der Waals surface area contributed by atoms with Crippen LogP contribution in [0.1, 0.15) is 26.7 Å². The summed E-state index contributed by atoms with van der Waals surface area (Å²) in [6.07, 6.45) is 2.60. The summed E-state index contributed by atoms with van der Waals surface area (Å²) in [5.74, 6) is 3.20. The highest BCUT2D eigenvalue weighted by molar-refractivity contribution is 14.0. The zero-order chi connectivity index (χ0) is 17.9. The van der Waals surface area contributed by atoms with Gasteiger partial charge in [0.05, 0.1) is 6.54 Å². The van der Waals surface area contributed by atoms with E-state index in [0.29, 0.717) is 12.5 Å². The lowest BCUT2D eigenvalue weighted by molar-refractivity contribution is 0.159. The van der Waals surface area contributed by atoms with E-state index in [1.807, 2.05) is 37.4 Å². The maximum Gasteiger partial charge on any atom is 0.191 e. The molecule has 0 aliphatic carbocycles. The Morgan fingerprint density at radius 2 is 2.04 bits per heavy atom. The molecule has 0 aromatic heterocycles. The number of nitrogens with zero attached hydrogens (tertiary/aromatic N) is 2. The van der Waals surface area contributed by atoms with E-state index in [9.17, 15) is 0 Å². The molecule has 1 saturated heterocycles. The molecule has 0 bridgehead atoms. The zero-order valence-corrected chi connectivity index (χ0v) is 18.7. The van der Waals surface area contributed by atoms with Gasteiger partial charge in [-0.05, 0) is 43.4 Å². The van der Waals surface area contributed by atoms with Crippen molar-refractivity contribution in [2.45, 2.75) is 26.7 Å². The van der Waals surface area contributed by atoms with Gasteiger partial charge < -0.3 is 20.3 Å². The Hall–Kier alpha value is -1.02. The molecule has 6 heteroatoms. The van der Waals surface area contributed by atoms with Crippen molar-refractivity contribution < 1.29 is 4.74 Å². The van der Waals surface area contributed by atoms with Crippen molar-refractivity contribution >= 4 is 29.9 Å². The van der Waals surface area contributed by atoms with Crippen LogP contribution in [-0.2, 0) is 0 Å². The van der Waals surface area contributed by atoms with Crippen LogP contribution in [0.4, 0.5) is 0 Å². The van der Waals surface area contributed by atoms with Gasteiger partial charge in [0.15, 0.2) is 5.96 Å². The zero-order valence-electron chi connectivity index (χ0n) is 16.4. The molecule has 1 atom stereocenters. The average molecular weight is 474 g/mol. The van der Waals surface area contributed by atoms with Crippen LogP contribution in [-0.4, -0.2) is 57.2 Å². The Kier molecular flexibility index (Phi) is 11.7. The molecule has 1 fully saturated rings. The number of benzene rings is 1. The van der Waals surface area contributed by atoms with Crippen molar-refractivity contribution in [2.24, 2.45) is 16.8 Å². The van der Waals surface area contributed by atoms with Gasteiger partial charge in [-0.25, -0.2) is 0 Å². The Bertz CT molecular complexity index is 510. The van der Waals surface area contributed by atoms with Crippen LogP contribution in [0, 0.1) is 11.8 Å². The molecule has 0 radical (unpaired) electrons. The molecule has 1 aromatic rings. The Balaban J connectivity index is 0.00000338. The predicted molar refractivity (Wildman–Crippen MR) is 121 cm³/mol. The summed E-state index contributed by atoms with van der Waals surface area (Å²) in [5.41, 5.74) is 0. The lowest BCUT2D eigenvalue weighted by Gasteiger charge is -2.34. The molecule has 2 N–H and O–H groups in total. The van der Waals surface area contributed by atoms with E-state index in [4.69, 9.17) is 4.74 Å². The Morgan fingerprint density at radius 1 is 1.27 bits per heavy atom. The van der Waals surface area contributed by atoms with E-state index in [2.05, 4.69) is 34.4 Å². The molecule has 2 rings (SSSR count). The van der Waals surface area contributed by atoms with Gasteiger partial charge in [0.25, 0.3) is 0 Å². The van der Waals surface area contributed by atoms with Crippen molar-refractivity contribution in [2.75, 3.05) is 46.4 Å². The fourth-order valence-corrected chi connectivity index (χ4v) is 3.32. The van der Waals surface area contributed by atoms with E-state index >= 15 is 0 Å². The first-order chi connectivity index (χ1) is 12.2. The van der Waals surface area contributed by atoms with E-state index in [1.54, 1.807) is 0 Å². The molecule has 1 unspecified atom stereocenters. The summed E-state index contributed by atoms with van der Waals surface area (Å²) in [6.45, 7) is 10.6. The summed E-state index contributed by atoms with van der Waals surface area (Å²) in [7, 11) is 1.82. The molecular formula is C20H35IN4O. The van der Waals surface area contributed by atoms with Gasteiger partial charge in [-0.1, -0.05) is 32.0 Å². The van der Waals surface area contributed by atoms with Crippen LogP contribution in [0.3, 0.4) is 0 Å². The second-order valence-electron chi connectivity index (χ2n) is 7.20. The third kappa shape index (κ3) is 9.07. The van der Waals surface area contributed by atoms with Gasteiger partial charge in [0.1, 0.15) is 12.4 Å². The number of nitrogens with one attached hydrogen (secondary N) is 2. The van der Waals surface area contributed by atoms with Gasteiger partial charge >= 0.3 is 0 Å². The molecule has 148 valence electrons. The minimum atomic E-state index is 0. The van der Waals surface area contributed by atoms with Crippen molar-refractivity contribution in [3.63, 3.8) is 0 Å². The normalized spacial score (nSPS) is 18.3. The van der Waals surface area contributed by atoms with Crippen LogP contribution in [0.2, 0.25) is 0 Å². The minimum Gasteiger partial charge on any atom is -0.492 e. The molecule has 1 aromatic carbocycles. The number of halogens is 1. The van der Waals surface area contributed by atoms with Crippen LogP contribution in [0.5, 0.6) is 5.75 Å². The summed E-state index contributed by atoms with van der Waals surface area (Å²) >= 11 is 0. The fourth-order valence-electron chi connectivity index (χ4n) is 3.32. The lowest BCUT2D eigenvalue weighted by atomic mass is 9.97. The average Bonchev–Trinajstić information content (AvgIpc) is 2.62. The van der Waals surface area contributed by atoms with Crippen molar-refractivity contribution in [1.82, 2.24) is 15.5 Å². The topological polar surface area (TPSA) is 48.9 Å². The number of likely N-dealkylation sites (tertiary alicyclic amines) is 1. The van der Waals surface area contributed by atoms with Crippen molar-refractivity contribution in [1.29, 1.82) is 0 Å². The summed E-state index contributed by atoms with van der Waals surface area (Å²) in [4.78, 5) is 6.91. The monoisotopic (exact) mass is 474 g/mol. The van der Waals surface area contributed by atoms with Gasteiger partial charge in [0, 0.05) is 26.7 Å². The number of hydrogen-bond donors (Lipinski definition) is 2. The Labute approximate surface area is 176 Å². The first-order valence-corrected chi connectivity index (χ1v) is 9.52. The maximum atomic E-state index is 5.69. The van der Waals surface area contributed by atoms with Crippen LogP contribution >= 0.6 is 24.0 Å². The molecule has 0 saturated carbocycles. The largest absolute Gasteiger partial charge is 0.492 e. The van der Waals surface area contributed by atoms with Crippen LogP contribution in [0.25, 0.3) is 0 Å². The number of ether oxygens (including phenoxy) is 1. The van der Waals surface area contributed by atoms with Gasteiger partial charge in [-0.2, -0.15) is 0 Å². The molecule has 0 amide bonds. The minimum absolute atomic E-state index is 0. The number of rotatable bonds is 8. The molecule has 26 heavy (non-hydrogen) atoms. The number of hydrogen-bond acceptors (Lipinski definition) is 3. The van der Waals surface area contributed by atoms with Crippen LogP contribution < -0.4 is 15.4 Å². The van der Waals surface area contributed by atoms with Crippen molar-refractivity contribution in [3.05, 3.63) is 30.3 Å². The van der Waals surface area contributed by atoms with Crippen molar-refractivity contribution in [3.8, 4) is 5.75 Å². The standard InChI is InChI=1S/C20H34N4O.HI/c1-17(2)15-24-12-7-8-18(16-24)14-23-20(21-3)22-11-13-25-19-9-5-4-6-10-19;/h4-6,9-10,17-18H,7-8,11-16H2,1-3H3,(H2,21,22,23);1H. The molecule has 5 nitrogen and oxygen atoms in total. The molecule has 1 heterocycles. The number of aliphatic imine (C=N–C) groups is 1. The summed E-state index contributed by atoms with van der Waals surface area (Å²) < 4.78 is 5.69. The summed E-state index contributed by atoms with van der Waals surface area (Å²) in [6, 6.07) is 9.90.